The monoisotopic (exact) mass is 226 g/mol. The van der Waals surface area contributed by atoms with Crippen LogP contribution in [0.5, 0.6) is 0 Å². The first-order chi connectivity index (χ1) is 7.11. The van der Waals surface area contributed by atoms with Crippen LogP contribution in [0.4, 0.5) is 0 Å². The van der Waals surface area contributed by atoms with Gasteiger partial charge in [0.25, 0.3) is 0 Å². The Morgan fingerprint density at radius 1 is 1.60 bits per heavy atom. The van der Waals surface area contributed by atoms with Gasteiger partial charge in [-0.15, -0.1) is 11.8 Å². The van der Waals surface area contributed by atoms with Gasteiger partial charge in [-0.3, -0.25) is 4.79 Å². The first-order valence-electron chi connectivity index (χ1n) is 5.07. The summed E-state index contributed by atoms with van der Waals surface area (Å²) in [6, 6.07) is 0. The summed E-state index contributed by atoms with van der Waals surface area (Å²) in [4.78, 5) is 12.1. The molecule has 0 radical (unpaired) electrons. The molecule has 0 saturated heterocycles. The highest BCUT2D eigenvalue weighted by molar-refractivity contribution is 8.03. The molecular weight excluding hydrogens is 212 g/mol. The Bertz CT molecular complexity index is 346. The molecule has 2 aliphatic rings. The van der Waals surface area contributed by atoms with Gasteiger partial charge in [-0.25, -0.2) is 0 Å². The van der Waals surface area contributed by atoms with Gasteiger partial charge >= 0.3 is 5.97 Å². The van der Waals surface area contributed by atoms with E-state index in [-0.39, 0.29) is 11.8 Å². The zero-order chi connectivity index (χ0) is 11.0. The maximum atomic E-state index is 11.1. The molecule has 15 heavy (non-hydrogen) atoms. The lowest BCUT2D eigenvalue weighted by Gasteiger charge is -2.31. The molecule has 0 aromatic rings. The quantitative estimate of drug-likeness (QED) is 0.713. The van der Waals surface area contributed by atoms with Crippen molar-refractivity contribution in [1.82, 2.24) is 0 Å². The largest absolute Gasteiger partial charge is 0.481 e. The fourth-order valence-corrected chi connectivity index (χ4v) is 3.42. The second-order valence-electron chi connectivity index (χ2n) is 3.99. The van der Waals surface area contributed by atoms with Crippen molar-refractivity contribution in [3.05, 3.63) is 22.6 Å². The summed E-state index contributed by atoms with van der Waals surface area (Å²) in [7, 11) is 0. The van der Waals surface area contributed by atoms with E-state index in [1.165, 1.54) is 0 Å². The molecule has 0 saturated carbocycles. The molecule has 0 fully saturated rings. The fraction of sp³-hybridized carbons (Fsp3) is 0.545. The molecule has 2 N–H and O–H groups in total. The first kappa shape index (κ1) is 10.8. The van der Waals surface area contributed by atoms with Crippen molar-refractivity contribution in [3.63, 3.8) is 0 Å². The zero-order valence-electron chi connectivity index (χ0n) is 8.51. The average Bonchev–Trinajstić information content (AvgIpc) is 2.23. The number of carboxylic acids is 1. The number of carboxylic acid groups (broad SMARTS) is 1. The lowest BCUT2D eigenvalue weighted by molar-refractivity contribution is -0.140. The van der Waals surface area contributed by atoms with E-state index < -0.39 is 12.1 Å². The Labute approximate surface area is 92.9 Å². The number of aliphatic hydroxyl groups excluding tert-OH is 1. The molecule has 82 valence electrons. The molecule has 3 atom stereocenters. The van der Waals surface area contributed by atoms with Crippen LogP contribution < -0.4 is 0 Å². The summed E-state index contributed by atoms with van der Waals surface area (Å²) in [5.74, 6) is -0.263. The zero-order valence-corrected chi connectivity index (χ0v) is 9.33. The van der Waals surface area contributed by atoms with Crippen molar-refractivity contribution in [2.24, 2.45) is 11.8 Å². The van der Waals surface area contributed by atoms with Crippen LogP contribution in [-0.4, -0.2) is 28.0 Å². The van der Waals surface area contributed by atoms with Gasteiger partial charge in [-0.1, -0.05) is 19.1 Å². The van der Waals surface area contributed by atoms with Crippen LogP contribution in [0.1, 0.15) is 13.3 Å². The van der Waals surface area contributed by atoms with Gasteiger partial charge in [0.1, 0.15) is 0 Å². The highest BCUT2D eigenvalue weighted by Gasteiger charge is 2.33. The number of carbonyl (C=O) groups is 1. The highest BCUT2D eigenvalue weighted by Crippen LogP contribution is 2.42. The summed E-state index contributed by atoms with van der Waals surface area (Å²) in [6.07, 6.45) is 3.70. The van der Waals surface area contributed by atoms with E-state index in [1.807, 2.05) is 6.92 Å². The fourth-order valence-electron chi connectivity index (χ4n) is 2.07. The molecule has 0 aromatic carbocycles. The molecule has 4 heteroatoms. The second-order valence-corrected chi connectivity index (χ2v) is 5.12. The molecule has 2 rings (SSSR count). The van der Waals surface area contributed by atoms with Crippen molar-refractivity contribution in [2.75, 3.05) is 5.75 Å². The molecule has 0 aromatic heterocycles. The van der Waals surface area contributed by atoms with E-state index in [0.717, 1.165) is 16.2 Å². The lowest BCUT2D eigenvalue weighted by Crippen LogP contribution is -2.28. The van der Waals surface area contributed by atoms with E-state index in [2.05, 4.69) is 0 Å². The van der Waals surface area contributed by atoms with Crippen LogP contribution in [0.2, 0.25) is 0 Å². The third kappa shape index (κ3) is 1.84. The molecule has 0 spiro atoms. The second kappa shape index (κ2) is 4.02. The molecule has 0 amide bonds. The number of rotatable bonds is 1. The van der Waals surface area contributed by atoms with Crippen molar-refractivity contribution in [2.45, 2.75) is 19.4 Å². The maximum absolute atomic E-state index is 11.1. The van der Waals surface area contributed by atoms with Crippen molar-refractivity contribution in [1.29, 1.82) is 0 Å². The van der Waals surface area contributed by atoms with Gasteiger partial charge in [0, 0.05) is 5.92 Å². The predicted octanol–water partition coefficient (Wildman–Crippen LogP) is 1.65. The third-order valence-electron chi connectivity index (χ3n) is 3.02. The maximum Gasteiger partial charge on any atom is 0.311 e. The average molecular weight is 226 g/mol. The number of thioether (sulfide) groups is 1. The Hall–Kier alpha value is -0.740. The minimum Gasteiger partial charge on any atom is -0.481 e. The smallest absolute Gasteiger partial charge is 0.311 e. The van der Waals surface area contributed by atoms with Gasteiger partial charge in [0.2, 0.25) is 0 Å². The molecule has 3 nitrogen and oxygen atoms in total. The first-order valence-corrected chi connectivity index (χ1v) is 6.05. The highest BCUT2D eigenvalue weighted by atomic mass is 32.2. The van der Waals surface area contributed by atoms with E-state index in [9.17, 15) is 9.90 Å². The lowest BCUT2D eigenvalue weighted by atomic mass is 9.86. The predicted molar refractivity (Wildman–Crippen MR) is 59.5 cm³/mol. The summed E-state index contributed by atoms with van der Waals surface area (Å²) >= 11 is 1.69. The topological polar surface area (TPSA) is 57.5 Å². The van der Waals surface area contributed by atoms with E-state index in [0.29, 0.717) is 6.42 Å². The van der Waals surface area contributed by atoms with E-state index in [1.54, 1.807) is 23.9 Å². The Morgan fingerprint density at radius 3 is 3.00 bits per heavy atom. The van der Waals surface area contributed by atoms with Gasteiger partial charge in [-0.2, -0.15) is 0 Å². The molecule has 1 aliphatic carbocycles. The van der Waals surface area contributed by atoms with Crippen molar-refractivity contribution < 1.29 is 15.0 Å². The number of hydrogen-bond donors (Lipinski definition) is 2. The van der Waals surface area contributed by atoms with Crippen LogP contribution in [0.3, 0.4) is 0 Å². The molecular formula is C11H14O3S. The Balaban J connectivity index is 2.36. The molecule has 3 unspecified atom stereocenters. The Morgan fingerprint density at radius 2 is 2.33 bits per heavy atom. The van der Waals surface area contributed by atoms with E-state index in [4.69, 9.17) is 5.11 Å². The van der Waals surface area contributed by atoms with Gasteiger partial charge in [-0.05, 0) is 22.7 Å². The van der Waals surface area contributed by atoms with Crippen molar-refractivity contribution >= 4 is 17.7 Å². The van der Waals surface area contributed by atoms with Crippen LogP contribution in [0.25, 0.3) is 0 Å². The standard InChI is InChI=1S/C11H14O3S/c1-6-9(12)3-2-7-8(11(13)14)4-5-15-10(6)7/h2-3,6,8-9,12H,4-5H2,1H3,(H,13,14). The minimum atomic E-state index is -0.754. The minimum absolute atomic E-state index is 0.0390. The summed E-state index contributed by atoms with van der Waals surface area (Å²) in [5.41, 5.74) is 0.900. The van der Waals surface area contributed by atoms with Crippen molar-refractivity contribution in [3.8, 4) is 0 Å². The molecule has 1 heterocycles. The normalized spacial score (nSPS) is 35.2. The number of allylic oxidation sites excluding steroid dienone is 1. The number of hydrogen-bond acceptors (Lipinski definition) is 3. The number of aliphatic carboxylic acids is 1. The molecule has 0 bridgehead atoms. The van der Waals surface area contributed by atoms with Crippen LogP contribution >= 0.6 is 11.8 Å². The van der Waals surface area contributed by atoms with Crippen LogP contribution in [0, 0.1) is 11.8 Å². The third-order valence-corrected chi connectivity index (χ3v) is 4.38. The van der Waals surface area contributed by atoms with Gasteiger partial charge < -0.3 is 10.2 Å². The van der Waals surface area contributed by atoms with Gasteiger partial charge in [0.15, 0.2) is 0 Å². The Kier molecular flexibility index (Phi) is 2.89. The SMILES string of the molecule is CC1C2=C(C=CC1O)C(C(=O)O)CCS2. The van der Waals surface area contributed by atoms with Gasteiger partial charge in [0.05, 0.1) is 12.0 Å². The van der Waals surface area contributed by atoms with Crippen LogP contribution in [-0.2, 0) is 4.79 Å². The summed E-state index contributed by atoms with van der Waals surface area (Å²) < 4.78 is 0. The van der Waals surface area contributed by atoms with E-state index >= 15 is 0 Å². The van der Waals surface area contributed by atoms with Crippen LogP contribution in [0.15, 0.2) is 22.6 Å². The number of aliphatic hydroxyl groups is 1. The molecule has 1 aliphatic heterocycles. The summed E-state index contributed by atoms with van der Waals surface area (Å²) in [5, 5.41) is 18.7. The summed E-state index contributed by atoms with van der Waals surface area (Å²) in [6.45, 7) is 1.95.